The molecule has 7 heteroatoms. The highest BCUT2D eigenvalue weighted by Gasteiger charge is 2.24. The monoisotopic (exact) mass is 320 g/mol. The molecular weight excluding hydrogens is 300 g/mol. The van der Waals surface area contributed by atoms with Crippen LogP contribution in [0.2, 0.25) is 5.02 Å². The number of hydrogen-bond donors (Lipinski definition) is 1. The number of halogens is 1. The van der Waals surface area contributed by atoms with E-state index in [0.717, 1.165) is 5.56 Å². The summed E-state index contributed by atoms with van der Waals surface area (Å²) < 4.78 is 31.3. The SMILES string of the molecule is COCCCN(C)S(=O)(=O)c1cc(Cl)cc(CN)c1C. The first-order valence-corrected chi connectivity index (χ1v) is 8.10. The molecule has 0 unspecified atom stereocenters. The van der Waals surface area contributed by atoms with Crippen LogP contribution in [0.15, 0.2) is 17.0 Å². The van der Waals surface area contributed by atoms with Crippen molar-refractivity contribution in [1.82, 2.24) is 4.31 Å². The van der Waals surface area contributed by atoms with Gasteiger partial charge in [0.15, 0.2) is 0 Å². The number of methoxy groups -OCH3 is 1. The molecule has 0 radical (unpaired) electrons. The van der Waals surface area contributed by atoms with Crippen molar-refractivity contribution in [2.45, 2.75) is 24.8 Å². The van der Waals surface area contributed by atoms with Gasteiger partial charge in [-0.05, 0) is 36.6 Å². The zero-order valence-corrected chi connectivity index (χ0v) is 13.6. The summed E-state index contributed by atoms with van der Waals surface area (Å²) in [4.78, 5) is 0.213. The fourth-order valence-corrected chi connectivity index (χ4v) is 3.71. The van der Waals surface area contributed by atoms with Crippen molar-refractivity contribution in [3.63, 3.8) is 0 Å². The molecule has 0 amide bonds. The third-order valence-electron chi connectivity index (χ3n) is 3.16. The lowest BCUT2D eigenvalue weighted by atomic mass is 10.1. The molecule has 0 fully saturated rings. The second-order valence-electron chi connectivity index (χ2n) is 4.57. The fourth-order valence-electron chi connectivity index (χ4n) is 1.91. The third kappa shape index (κ3) is 3.93. The van der Waals surface area contributed by atoms with Crippen molar-refractivity contribution >= 4 is 21.6 Å². The van der Waals surface area contributed by atoms with Crippen molar-refractivity contribution in [3.05, 3.63) is 28.3 Å². The van der Waals surface area contributed by atoms with E-state index in [1.807, 2.05) is 0 Å². The number of hydrogen-bond acceptors (Lipinski definition) is 4. The minimum atomic E-state index is -3.57. The molecule has 0 bridgehead atoms. The van der Waals surface area contributed by atoms with Crippen LogP contribution < -0.4 is 5.73 Å². The van der Waals surface area contributed by atoms with Gasteiger partial charge in [-0.3, -0.25) is 0 Å². The first kappa shape index (κ1) is 17.4. The van der Waals surface area contributed by atoms with Crippen LogP contribution in [0.3, 0.4) is 0 Å². The zero-order chi connectivity index (χ0) is 15.3. The van der Waals surface area contributed by atoms with Crippen LogP contribution in [0.5, 0.6) is 0 Å². The van der Waals surface area contributed by atoms with Gasteiger partial charge in [-0.25, -0.2) is 12.7 Å². The van der Waals surface area contributed by atoms with E-state index in [4.69, 9.17) is 22.1 Å². The molecule has 0 saturated carbocycles. The Morgan fingerprint density at radius 2 is 2.05 bits per heavy atom. The van der Waals surface area contributed by atoms with Crippen LogP contribution in [0.1, 0.15) is 17.5 Å². The van der Waals surface area contributed by atoms with Crippen LogP contribution in [-0.4, -0.2) is 40.0 Å². The Morgan fingerprint density at radius 1 is 1.40 bits per heavy atom. The molecule has 20 heavy (non-hydrogen) atoms. The molecule has 0 aliphatic carbocycles. The third-order valence-corrected chi connectivity index (χ3v) is 5.36. The van der Waals surface area contributed by atoms with E-state index in [2.05, 4.69) is 0 Å². The zero-order valence-electron chi connectivity index (χ0n) is 12.0. The maximum atomic E-state index is 12.6. The molecule has 114 valence electrons. The first-order chi connectivity index (χ1) is 9.34. The van der Waals surface area contributed by atoms with Gasteiger partial charge in [-0.1, -0.05) is 11.6 Å². The van der Waals surface area contributed by atoms with E-state index >= 15 is 0 Å². The number of ether oxygens (including phenoxy) is 1. The average molecular weight is 321 g/mol. The Labute approximate surface area is 125 Å². The van der Waals surface area contributed by atoms with Crippen LogP contribution >= 0.6 is 11.6 Å². The maximum absolute atomic E-state index is 12.6. The predicted octanol–water partition coefficient (Wildman–Crippen LogP) is 1.76. The van der Waals surface area contributed by atoms with E-state index in [1.165, 1.54) is 10.4 Å². The van der Waals surface area contributed by atoms with Crippen molar-refractivity contribution < 1.29 is 13.2 Å². The predicted molar refractivity (Wildman–Crippen MR) is 80.4 cm³/mol. The second-order valence-corrected chi connectivity index (χ2v) is 7.01. The van der Waals surface area contributed by atoms with Crippen LogP contribution in [0.25, 0.3) is 0 Å². The van der Waals surface area contributed by atoms with Crippen molar-refractivity contribution in [1.29, 1.82) is 0 Å². The normalized spacial score (nSPS) is 12.1. The van der Waals surface area contributed by atoms with Gasteiger partial charge in [-0.15, -0.1) is 0 Å². The minimum Gasteiger partial charge on any atom is -0.385 e. The topological polar surface area (TPSA) is 72.6 Å². The number of nitrogens with two attached hydrogens (primary N) is 1. The highest BCUT2D eigenvalue weighted by atomic mass is 35.5. The largest absolute Gasteiger partial charge is 0.385 e. The second kappa shape index (κ2) is 7.38. The summed E-state index contributed by atoms with van der Waals surface area (Å²) in [7, 11) is -0.432. The average Bonchev–Trinajstić information content (AvgIpc) is 2.40. The molecule has 0 aliphatic rings. The summed E-state index contributed by atoms with van der Waals surface area (Å²) >= 11 is 5.98. The molecule has 0 heterocycles. The Balaban J connectivity index is 3.12. The summed E-state index contributed by atoms with van der Waals surface area (Å²) in [5.41, 5.74) is 7.01. The summed E-state index contributed by atoms with van der Waals surface area (Å²) in [6.07, 6.45) is 0.635. The molecule has 5 nitrogen and oxygen atoms in total. The highest BCUT2D eigenvalue weighted by molar-refractivity contribution is 7.89. The molecule has 1 rings (SSSR count). The molecule has 0 spiro atoms. The lowest BCUT2D eigenvalue weighted by Crippen LogP contribution is -2.29. The molecule has 1 aromatic carbocycles. The Morgan fingerprint density at radius 3 is 2.60 bits per heavy atom. The van der Waals surface area contributed by atoms with E-state index in [0.29, 0.717) is 30.2 Å². The summed E-state index contributed by atoms with van der Waals surface area (Å²) in [6, 6.07) is 3.17. The fraction of sp³-hybridized carbons (Fsp3) is 0.538. The van der Waals surface area contributed by atoms with Crippen LogP contribution in [0.4, 0.5) is 0 Å². The number of sulfonamides is 1. The van der Waals surface area contributed by atoms with Crippen molar-refractivity contribution in [3.8, 4) is 0 Å². The van der Waals surface area contributed by atoms with Crippen LogP contribution in [-0.2, 0) is 21.3 Å². The maximum Gasteiger partial charge on any atom is 0.243 e. The summed E-state index contributed by atoms with van der Waals surface area (Å²) in [6.45, 7) is 2.90. The van der Waals surface area contributed by atoms with Gasteiger partial charge in [-0.2, -0.15) is 0 Å². The van der Waals surface area contributed by atoms with Gasteiger partial charge in [0.05, 0.1) is 4.90 Å². The standard InChI is InChI=1S/C13H21ClN2O3S/c1-10-11(9-15)7-12(14)8-13(10)20(17,18)16(2)5-4-6-19-3/h7-8H,4-6,9,15H2,1-3H3. The highest BCUT2D eigenvalue weighted by Crippen LogP contribution is 2.26. The first-order valence-electron chi connectivity index (χ1n) is 6.29. The van der Waals surface area contributed by atoms with E-state index in [-0.39, 0.29) is 11.4 Å². The Kier molecular flexibility index (Phi) is 6.42. The van der Waals surface area contributed by atoms with Gasteiger partial charge in [0, 0.05) is 38.9 Å². The van der Waals surface area contributed by atoms with Gasteiger partial charge in [0.25, 0.3) is 0 Å². The molecule has 1 aromatic rings. The minimum absolute atomic E-state index is 0.213. The lowest BCUT2D eigenvalue weighted by Gasteiger charge is -2.19. The quantitative estimate of drug-likeness (QED) is 0.777. The van der Waals surface area contributed by atoms with Crippen molar-refractivity contribution in [2.24, 2.45) is 5.73 Å². The number of benzene rings is 1. The molecule has 0 atom stereocenters. The molecule has 0 aromatic heterocycles. The molecular formula is C13H21ClN2O3S. The Hall–Kier alpha value is -0.660. The summed E-state index contributed by atoms with van der Waals surface area (Å²) in [5.74, 6) is 0. The van der Waals surface area contributed by atoms with Gasteiger partial charge >= 0.3 is 0 Å². The smallest absolute Gasteiger partial charge is 0.243 e. The number of nitrogens with zero attached hydrogens (tertiary/aromatic N) is 1. The van der Waals surface area contributed by atoms with E-state index < -0.39 is 10.0 Å². The van der Waals surface area contributed by atoms with Gasteiger partial charge < -0.3 is 10.5 Å². The van der Waals surface area contributed by atoms with Gasteiger partial charge in [0.2, 0.25) is 10.0 Å². The summed E-state index contributed by atoms with van der Waals surface area (Å²) in [5, 5.41) is 0.375. The molecule has 0 saturated heterocycles. The Bertz CT molecular complexity index is 561. The number of rotatable bonds is 7. The van der Waals surface area contributed by atoms with E-state index in [1.54, 1.807) is 27.1 Å². The van der Waals surface area contributed by atoms with Crippen molar-refractivity contribution in [2.75, 3.05) is 27.3 Å². The van der Waals surface area contributed by atoms with Gasteiger partial charge in [0.1, 0.15) is 0 Å². The van der Waals surface area contributed by atoms with Crippen LogP contribution in [0, 0.1) is 6.92 Å². The molecule has 0 aliphatic heterocycles. The van der Waals surface area contributed by atoms with E-state index in [9.17, 15) is 8.42 Å². The lowest BCUT2D eigenvalue weighted by molar-refractivity contribution is 0.189. The molecule has 2 N–H and O–H groups in total.